The fourth-order valence-electron chi connectivity index (χ4n) is 3.66. The molecule has 0 aliphatic carbocycles. The number of nitrogens with one attached hydrogen (secondary N) is 1. The molecule has 1 aliphatic rings. The van der Waals surface area contributed by atoms with Gasteiger partial charge in [0.25, 0.3) is 5.91 Å². The van der Waals surface area contributed by atoms with Gasteiger partial charge in [-0.05, 0) is 62.7 Å². The summed E-state index contributed by atoms with van der Waals surface area (Å²) < 4.78 is 0. The minimum atomic E-state index is -0.135. The Bertz CT molecular complexity index is 844. The third-order valence-electron chi connectivity index (χ3n) is 5.36. The average molecular weight is 426 g/mol. The Labute approximate surface area is 183 Å². The predicted molar refractivity (Wildman–Crippen MR) is 127 cm³/mol. The number of anilines is 2. The van der Waals surface area contributed by atoms with Gasteiger partial charge >= 0.3 is 0 Å². The van der Waals surface area contributed by atoms with Crippen molar-refractivity contribution in [3.63, 3.8) is 0 Å². The Balaban J connectivity index is 1.57. The van der Waals surface area contributed by atoms with Gasteiger partial charge in [-0.25, -0.2) is 0 Å². The highest BCUT2D eigenvalue weighted by Crippen LogP contribution is 2.19. The third kappa shape index (κ3) is 5.79. The van der Waals surface area contributed by atoms with Gasteiger partial charge in [-0.15, -0.1) is 0 Å². The largest absolute Gasteiger partial charge is 0.369 e. The van der Waals surface area contributed by atoms with Crippen LogP contribution in [0.2, 0.25) is 0 Å². The molecule has 0 atom stereocenters. The molecule has 1 saturated heterocycles. The van der Waals surface area contributed by atoms with Crippen LogP contribution in [0.4, 0.5) is 11.4 Å². The molecule has 5 nitrogen and oxygen atoms in total. The molecule has 0 saturated carbocycles. The molecule has 0 bridgehead atoms. The molecule has 6 heteroatoms. The SMILES string of the molecule is CCN(c1ccc(C(=O)Nc2ccc(CC(=O)N3CCSCC3)cc2)cc1)C(C)C. The number of amides is 2. The highest BCUT2D eigenvalue weighted by molar-refractivity contribution is 7.99. The van der Waals surface area contributed by atoms with Crippen LogP contribution in [0.5, 0.6) is 0 Å². The van der Waals surface area contributed by atoms with Gasteiger partial charge in [0.05, 0.1) is 6.42 Å². The summed E-state index contributed by atoms with van der Waals surface area (Å²) in [4.78, 5) is 29.2. The quantitative estimate of drug-likeness (QED) is 0.719. The molecule has 30 heavy (non-hydrogen) atoms. The standard InChI is InChI=1S/C24H31N3O2S/c1-4-27(18(2)3)22-11-7-20(8-12-22)24(29)25-21-9-5-19(6-10-21)17-23(28)26-13-15-30-16-14-26/h5-12,18H,4,13-17H2,1-3H3,(H,25,29). The number of rotatable bonds is 7. The fourth-order valence-corrected chi connectivity index (χ4v) is 4.56. The van der Waals surface area contributed by atoms with Crippen molar-refractivity contribution in [2.45, 2.75) is 33.2 Å². The number of carbonyl (C=O) groups excluding carboxylic acids is 2. The summed E-state index contributed by atoms with van der Waals surface area (Å²) in [6, 6.07) is 15.7. The van der Waals surface area contributed by atoms with Crippen molar-refractivity contribution in [2.24, 2.45) is 0 Å². The van der Waals surface area contributed by atoms with E-state index in [0.717, 1.165) is 48.1 Å². The molecule has 160 valence electrons. The van der Waals surface area contributed by atoms with Crippen LogP contribution in [0.3, 0.4) is 0 Å². The van der Waals surface area contributed by atoms with Gasteiger partial charge in [0, 0.05) is 54.1 Å². The predicted octanol–water partition coefficient (Wildman–Crippen LogP) is 4.29. The Morgan fingerprint density at radius 2 is 1.67 bits per heavy atom. The Hall–Kier alpha value is -2.47. The van der Waals surface area contributed by atoms with Crippen LogP contribution in [0.25, 0.3) is 0 Å². The van der Waals surface area contributed by atoms with Crippen LogP contribution in [0.15, 0.2) is 48.5 Å². The molecule has 2 amide bonds. The van der Waals surface area contributed by atoms with Gasteiger partial charge < -0.3 is 15.1 Å². The lowest BCUT2D eigenvalue weighted by Crippen LogP contribution is -2.38. The van der Waals surface area contributed by atoms with Gasteiger partial charge in [-0.3, -0.25) is 9.59 Å². The second-order valence-electron chi connectivity index (χ2n) is 7.75. The minimum absolute atomic E-state index is 0.135. The first-order valence-corrected chi connectivity index (χ1v) is 11.8. The molecule has 1 aliphatic heterocycles. The van der Waals surface area contributed by atoms with Crippen molar-refractivity contribution in [1.29, 1.82) is 0 Å². The molecule has 0 spiro atoms. The number of nitrogens with zero attached hydrogens (tertiary/aromatic N) is 2. The fraction of sp³-hybridized carbons (Fsp3) is 0.417. The minimum Gasteiger partial charge on any atom is -0.369 e. The molecule has 2 aromatic rings. The zero-order valence-electron chi connectivity index (χ0n) is 18.1. The number of hydrogen-bond donors (Lipinski definition) is 1. The van der Waals surface area contributed by atoms with Gasteiger partial charge in [0.15, 0.2) is 0 Å². The second kappa shape index (κ2) is 10.5. The summed E-state index contributed by atoms with van der Waals surface area (Å²) in [5, 5.41) is 2.94. The molecule has 0 unspecified atom stereocenters. The van der Waals surface area contributed by atoms with Crippen LogP contribution in [0, 0.1) is 0 Å². The Morgan fingerprint density at radius 3 is 2.23 bits per heavy atom. The topological polar surface area (TPSA) is 52.7 Å². The molecule has 3 rings (SSSR count). The molecule has 0 radical (unpaired) electrons. The highest BCUT2D eigenvalue weighted by Gasteiger charge is 2.17. The summed E-state index contributed by atoms with van der Waals surface area (Å²) in [5.41, 5.74) is 3.44. The first kappa shape index (κ1) is 22.2. The lowest BCUT2D eigenvalue weighted by atomic mass is 10.1. The highest BCUT2D eigenvalue weighted by atomic mass is 32.2. The molecular formula is C24H31N3O2S. The normalized spacial score (nSPS) is 13.9. The summed E-state index contributed by atoms with van der Waals surface area (Å²) in [6.45, 7) is 9.05. The zero-order valence-corrected chi connectivity index (χ0v) is 18.9. The van der Waals surface area contributed by atoms with Crippen molar-refractivity contribution < 1.29 is 9.59 Å². The number of carbonyl (C=O) groups is 2. The number of thioether (sulfide) groups is 1. The van der Waals surface area contributed by atoms with Crippen LogP contribution in [0.1, 0.15) is 36.7 Å². The third-order valence-corrected chi connectivity index (χ3v) is 6.30. The monoisotopic (exact) mass is 425 g/mol. The van der Waals surface area contributed by atoms with Gasteiger partial charge in [-0.1, -0.05) is 12.1 Å². The van der Waals surface area contributed by atoms with E-state index in [1.54, 1.807) is 0 Å². The van der Waals surface area contributed by atoms with E-state index in [9.17, 15) is 9.59 Å². The van der Waals surface area contributed by atoms with Crippen LogP contribution in [-0.4, -0.2) is 53.9 Å². The smallest absolute Gasteiger partial charge is 0.255 e. The summed E-state index contributed by atoms with van der Waals surface area (Å²) in [7, 11) is 0. The lowest BCUT2D eigenvalue weighted by Gasteiger charge is -2.27. The van der Waals surface area contributed by atoms with Gasteiger partial charge in [0.1, 0.15) is 0 Å². The van der Waals surface area contributed by atoms with Crippen molar-refractivity contribution in [1.82, 2.24) is 4.90 Å². The molecule has 1 heterocycles. The van der Waals surface area contributed by atoms with E-state index >= 15 is 0 Å². The first-order valence-electron chi connectivity index (χ1n) is 10.6. The van der Waals surface area contributed by atoms with Crippen LogP contribution < -0.4 is 10.2 Å². The van der Waals surface area contributed by atoms with Crippen molar-refractivity contribution in [3.8, 4) is 0 Å². The van der Waals surface area contributed by atoms with E-state index in [-0.39, 0.29) is 11.8 Å². The molecular weight excluding hydrogens is 394 g/mol. The second-order valence-corrected chi connectivity index (χ2v) is 8.97. The van der Waals surface area contributed by atoms with E-state index in [2.05, 4.69) is 31.0 Å². The van der Waals surface area contributed by atoms with E-state index in [1.165, 1.54) is 0 Å². The zero-order chi connectivity index (χ0) is 21.5. The van der Waals surface area contributed by atoms with E-state index in [4.69, 9.17) is 0 Å². The summed E-state index contributed by atoms with van der Waals surface area (Å²) in [6.07, 6.45) is 0.407. The van der Waals surface area contributed by atoms with E-state index in [0.29, 0.717) is 18.0 Å². The molecule has 1 N–H and O–H groups in total. The Kier molecular flexibility index (Phi) is 7.80. The summed E-state index contributed by atoms with van der Waals surface area (Å²) in [5.74, 6) is 2.08. The average Bonchev–Trinajstić information content (AvgIpc) is 2.76. The summed E-state index contributed by atoms with van der Waals surface area (Å²) >= 11 is 1.90. The maximum Gasteiger partial charge on any atom is 0.255 e. The molecule has 0 aromatic heterocycles. The first-order chi connectivity index (χ1) is 14.5. The Morgan fingerprint density at radius 1 is 1.03 bits per heavy atom. The number of hydrogen-bond acceptors (Lipinski definition) is 4. The van der Waals surface area contributed by atoms with E-state index < -0.39 is 0 Å². The van der Waals surface area contributed by atoms with E-state index in [1.807, 2.05) is 65.2 Å². The maximum atomic E-state index is 12.6. The van der Waals surface area contributed by atoms with Gasteiger partial charge in [-0.2, -0.15) is 11.8 Å². The molecule has 1 fully saturated rings. The number of benzene rings is 2. The van der Waals surface area contributed by atoms with Gasteiger partial charge in [0.2, 0.25) is 5.91 Å². The van der Waals surface area contributed by atoms with Crippen molar-refractivity contribution in [2.75, 3.05) is 41.4 Å². The lowest BCUT2D eigenvalue weighted by molar-refractivity contribution is -0.130. The van der Waals surface area contributed by atoms with Crippen LogP contribution >= 0.6 is 11.8 Å². The maximum absolute atomic E-state index is 12.6. The van der Waals surface area contributed by atoms with Crippen molar-refractivity contribution >= 4 is 35.0 Å². The van der Waals surface area contributed by atoms with Crippen LogP contribution in [-0.2, 0) is 11.2 Å². The molecule has 2 aromatic carbocycles. The van der Waals surface area contributed by atoms with Crippen molar-refractivity contribution in [3.05, 3.63) is 59.7 Å².